The van der Waals surface area contributed by atoms with Crippen LogP contribution in [0.5, 0.6) is 11.5 Å². The van der Waals surface area contributed by atoms with Crippen molar-refractivity contribution in [1.29, 1.82) is 0 Å². The van der Waals surface area contributed by atoms with Gasteiger partial charge in [0.15, 0.2) is 4.96 Å². The lowest BCUT2D eigenvalue weighted by Gasteiger charge is -2.22. The molecule has 0 saturated heterocycles. The topological polar surface area (TPSA) is 35.8 Å². The molecule has 4 rings (SSSR count). The monoisotopic (exact) mass is 378 g/mol. The van der Waals surface area contributed by atoms with Gasteiger partial charge in [0.2, 0.25) is 0 Å². The largest absolute Gasteiger partial charge is 0.497 e. The Morgan fingerprint density at radius 2 is 1.78 bits per heavy atom. The van der Waals surface area contributed by atoms with E-state index in [1.807, 2.05) is 24.3 Å². The molecule has 0 bridgehead atoms. The zero-order chi connectivity index (χ0) is 19.0. The van der Waals surface area contributed by atoms with Gasteiger partial charge in [-0.05, 0) is 17.7 Å². The molecule has 5 heteroatoms. The van der Waals surface area contributed by atoms with E-state index in [0.717, 1.165) is 33.4 Å². The number of aromatic nitrogens is 2. The lowest BCUT2D eigenvalue weighted by molar-refractivity contribution is 0.395. The van der Waals surface area contributed by atoms with Crippen LogP contribution in [0.25, 0.3) is 16.2 Å². The van der Waals surface area contributed by atoms with Crippen molar-refractivity contribution in [3.05, 3.63) is 71.4 Å². The van der Waals surface area contributed by atoms with Crippen LogP contribution in [0.4, 0.5) is 0 Å². The molecule has 0 N–H and O–H groups in total. The van der Waals surface area contributed by atoms with Crippen LogP contribution in [0, 0.1) is 0 Å². The number of rotatable bonds is 5. The normalized spacial score (nSPS) is 11.7. The van der Waals surface area contributed by atoms with Crippen molar-refractivity contribution in [1.82, 2.24) is 9.38 Å². The van der Waals surface area contributed by atoms with Crippen molar-refractivity contribution in [3.63, 3.8) is 0 Å². The Morgan fingerprint density at radius 3 is 2.48 bits per heavy atom. The van der Waals surface area contributed by atoms with E-state index >= 15 is 0 Å². The zero-order valence-electron chi connectivity index (χ0n) is 15.9. The van der Waals surface area contributed by atoms with Gasteiger partial charge in [-0.2, -0.15) is 0 Å². The van der Waals surface area contributed by atoms with E-state index in [1.165, 1.54) is 5.56 Å². The van der Waals surface area contributed by atoms with Gasteiger partial charge in [-0.1, -0.05) is 44.2 Å². The maximum atomic E-state index is 5.59. The molecule has 2 aromatic heterocycles. The molecule has 27 heavy (non-hydrogen) atoms. The number of nitrogens with zero attached hydrogens (tertiary/aromatic N) is 2. The maximum Gasteiger partial charge on any atom is 0.194 e. The third kappa shape index (κ3) is 2.98. The highest BCUT2D eigenvalue weighted by Crippen LogP contribution is 2.38. The van der Waals surface area contributed by atoms with Crippen molar-refractivity contribution >= 4 is 16.3 Å². The molecule has 0 spiro atoms. The number of thiazole rings is 1. The predicted octanol–water partition coefficient (Wildman–Crippen LogP) is 5.41. The summed E-state index contributed by atoms with van der Waals surface area (Å²) in [5.74, 6) is 1.56. The Morgan fingerprint density at radius 1 is 1.00 bits per heavy atom. The van der Waals surface area contributed by atoms with Crippen LogP contribution in [-0.4, -0.2) is 23.6 Å². The van der Waals surface area contributed by atoms with Gasteiger partial charge < -0.3 is 9.47 Å². The van der Waals surface area contributed by atoms with Gasteiger partial charge in [0, 0.05) is 28.6 Å². The van der Waals surface area contributed by atoms with E-state index < -0.39 is 0 Å². The minimum Gasteiger partial charge on any atom is -0.497 e. The van der Waals surface area contributed by atoms with Gasteiger partial charge in [0.25, 0.3) is 0 Å². The van der Waals surface area contributed by atoms with Crippen LogP contribution >= 0.6 is 11.3 Å². The molecule has 4 aromatic rings. The molecule has 0 aliphatic carbocycles. The first-order chi connectivity index (χ1) is 13.0. The molecule has 138 valence electrons. The Labute approximate surface area is 163 Å². The highest BCUT2D eigenvalue weighted by molar-refractivity contribution is 7.15. The third-order valence-corrected chi connectivity index (χ3v) is 5.87. The second-order valence-electron chi connectivity index (χ2n) is 6.96. The molecule has 0 atom stereocenters. The molecule has 0 aliphatic rings. The fourth-order valence-electron chi connectivity index (χ4n) is 3.29. The summed E-state index contributed by atoms with van der Waals surface area (Å²) in [7, 11) is 3.34. The maximum absolute atomic E-state index is 5.59. The van der Waals surface area contributed by atoms with E-state index in [1.54, 1.807) is 25.6 Å². The number of fused-ring (bicyclic) bond motifs is 1. The summed E-state index contributed by atoms with van der Waals surface area (Å²) in [6.07, 6.45) is 2.14. The number of methoxy groups -OCH3 is 2. The average molecular weight is 378 g/mol. The van der Waals surface area contributed by atoms with Gasteiger partial charge in [0.1, 0.15) is 11.5 Å². The van der Waals surface area contributed by atoms with Crippen molar-refractivity contribution in [2.75, 3.05) is 14.2 Å². The Kier molecular flexibility index (Phi) is 4.40. The van der Waals surface area contributed by atoms with Crippen LogP contribution in [0.15, 0.2) is 60.1 Å². The number of ether oxygens (including phenoxy) is 2. The van der Waals surface area contributed by atoms with Gasteiger partial charge in [0.05, 0.1) is 25.6 Å². The molecule has 0 aliphatic heterocycles. The zero-order valence-corrected chi connectivity index (χ0v) is 16.7. The van der Waals surface area contributed by atoms with Crippen molar-refractivity contribution < 1.29 is 9.47 Å². The highest BCUT2D eigenvalue weighted by atomic mass is 32.1. The second-order valence-corrected chi connectivity index (χ2v) is 7.79. The summed E-state index contributed by atoms with van der Waals surface area (Å²) in [4.78, 5) is 5.89. The summed E-state index contributed by atoms with van der Waals surface area (Å²) in [5.41, 5.74) is 4.21. The van der Waals surface area contributed by atoms with E-state index in [4.69, 9.17) is 14.5 Å². The van der Waals surface area contributed by atoms with E-state index in [2.05, 4.69) is 54.1 Å². The highest BCUT2D eigenvalue weighted by Gasteiger charge is 2.27. The van der Waals surface area contributed by atoms with E-state index in [0.29, 0.717) is 0 Å². The molecular formula is C22H22N2O2S. The predicted molar refractivity (Wildman–Crippen MR) is 110 cm³/mol. The van der Waals surface area contributed by atoms with Crippen molar-refractivity contribution in [3.8, 4) is 22.8 Å². The molecule has 4 nitrogen and oxygen atoms in total. The standard InChI is InChI=1S/C22H22N2O2S/c1-22(2,15-8-6-5-7-9-15)20-13-24-18(14-27-21(24)23-20)17-11-10-16(25-3)12-19(17)26-4/h5-14H,1-4H3. The number of benzene rings is 2. The van der Waals surface area contributed by atoms with Crippen LogP contribution in [0.3, 0.4) is 0 Å². The quantitative estimate of drug-likeness (QED) is 0.466. The Balaban J connectivity index is 1.82. The summed E-state index contributed by atoms with van der Waals surface area (Å²) in [6.45, 7) is 4.42. The number of hydrogen-bond acceptors (Lipinski definition) is 4. The first-order valence-corrected chi connectivity index (χ1v) is 9.67. The third-order valence-electron chi connectivity index (χ3n) is 5.03. The summed E-state index contributed by atoms with van der Waals surface area (Å²) < 4.78 is 13.1. The Hall–Kier alpha value is -2.79. The Bertz CT molecular complexity index is 1080. The molecule has 2 heterocycles. The van der Waals surface area contributed by atoms with E-state index in [-0.39, 0.29) is 5.41 Å². The van der Waals surface area contributed by atoms with Gasteiger partial charge in [-0.3, -0.25) is 4.40 Å². The number of hydrogen-bond donors (Lipinski definition) is 0. The smallest absolute Gasteiger partial charge is 0.194 e. The fourth-order valence-corrected chi connectivity index (χ4v) is 4.16. The van der Waals surface area contributed by atoms with Crippen molar-refractivity contribution in [2.24, 2.45) is 0 Å². The lowest BCUT2D eigenvalue weighted by Crippen LogP contribution is -2.19. The minimum atomic E-state index is -0.172. The second kappa shape index (κ2) is 6.74. The lowest BCUT2D eigenvalue weighted by atomic mass is 9.82. The molecule has 2 aromatic carbocycles. The molecular weight excluding hydrogens is 356 g/mol. The molecule has 0 amide bonds. The summed E-state index contributed by atoms with van der Waals surface area (Å²) >= 11 is 1.64. The number of imidazole rings is 1. The van der Waals surface area contributed by atoms with Crippen LogP contribution in [0.2, 0.25) is 0 Å². The molecule has 0 radical (unpaired) electrons. The first kappa shape index (κ1) is 17.6. The van der Waals surface area contributed by atoms with Gasteiger partial charge in [-0.15, -0.1) is 11.3 Å². The summed E-state index contributed by atoms with van der Waals surface area (Å²) in [5, 5.41) is 2.12. The van der Waals surface area contributed by atoms with E-state index in [9.17, 15) is 0 Å². The van der Waals surface area contributed by atoms with Crippen LogP contribution in [0.1, 0.15) is 25.1 Å². The summed E-state index contributed by atoms with van der Waals surface area (Å²) in [6, 6.07) is 16.4. The van der Waals surface area contributed by atoms with Crippen molar-refractivity contribution in [2.45, 2.75) is 19.3 Å². The van der Waals surface area contributed by atoms with Gasteiger partial charge >= 0.3 is 0 Å². The van der Waals surface area contributed by atoms with Crippen LogP contribution < -0.4 is 9.47 Å². The van der Waals surface area contributed by atoms with Gasteiger partial charge in [-0.25, -0.2) is 4.98 Å². The molecule has 0 unspecified atom stereocenters. The van der Waals surface area contributed by atoms with Crippen LogP contribution in [-0.2, 0) is 5.41 Å². The average Bonchev–Trinajstić information content (AvgIpc) is 3.29. The molecule has 0 saturated carbocycles. The molecule has 0 fully saturated rings. The minimum absolute atomic E-state index is 0.172. The SMILES string of the molecule is COc1ccc(-c2csc3nc(C(C)(C)c4ccccc4)cn23)c(OC)c1. The first-order valence-electron chi connectivity index (χ1n) is 8.79. The fraction of sp³-hybridized carbons (Fsp3) is 0.227.